The molecule has 0 aliphatic carbocycles. The van der Waals surface area contributed by atoms with Crippen LogP contribution in [0.5, 0.6) is 0 Å². The first-order valence-electron chi connectivity index (χ1n) is 6.74. The first kappa shape index (κ1) is 14.2. The summed E-state index contributed by atoms with van der Waals surface area (Å²) in [6.07, 6.45) is 3.52. The molecular weight excluding hydrogens is 256 g/mol. The molecule has 0 amide bonds. The molecular formula is C14H22N4S. The van der Waals surface area contributed by atoms with Gasteiger partial charge in [-0.2, -0.15) is 0 Å². The lowest BCUT2D eigenvalue weighted by Crippen LogP contribution is -2.45. The molecule has 2 aromatic heterocycles. The van der Waals surface area contributed by atoms with Gasteiger partial charge in [0, 0.05) is 17.0 Å². The number of thiophene rings is 1. The van der Waals surface area contributed by atoms with Crippen LogP contribution in [0.15, 0.2) is 6.33 Å². The van der Waals surface area contributed by atoms with E-state index in [9.17, 15) is 0 Å². The monoisotopic (exact) mass is 278 g/mol. The highest BCUT2D eigenvalue weighted by Gasteiger charge is 2.21. The molecule has 2 heterocycles. The minimum atomic E-state index is -0.170. The highest BCUT2D eigenvalue weighted by molar-refractivity contribution is 7.18. The maximum absolute atomic E-state index is 6.33. The van der Waals surface area contributed by atoms with Gasteiger partial charge >= 0.3 is 0 Å². The number of nitrogens with two attached hydrogens (primary N) is 1. The van der Waals surface area contributed by atoms with Crippen LogP contribution in [0.2, 0.25) is 0 Å². The number of fused-ring (bicyclic) bond motifs is 1. The van der Waals surface area contributed by atoms with Gasteiger partial charge in [-0.15, -0.1) is 11.3 Å². The van der Waals surface area contributed by atoms with Gasteiger partial charge in [-0.3, -0.25) is 0 Å². The molecule has 0 unspecified atom stereocenters. The summed E-state index contributed by atoms with van der Waals surface area (Å²) in [6.45, 7) is 9.23. The number of aryl methyl sites for hydroxylation is 2. The van der Waals surface area contributed by atoms with Gasteiger partial charge in [0.25, 0.3) is 0 Å². The number of anilines is 1. The quantitative estimate of drug-likeness (QED) is 0.881. The Hall–Kier alpha value is -1.20. The third-order valence-corrected chi connectivity index (χ3v) is 5.10. The minimum absolute atomic E-state index is 0.170. The number of rotatable bonds is 5. The summed E-state index contributed by atoms with van der Waals surface area (Å²) in [4.78, 5) is 11.1. The van der Waals surface area contributed by atoms with Crippen molar-refractivity contribution in [3.63, 3.8) is 0 Å². The highest BCUT2D eigenvalue weighted by atomic mass is 32.1. The van der Waals surface area contributed by atoms with E-state index in [-0.39, 0.29) is 5.54 Å². The summed E-state index contributed by atoms with van der Waals surface area (Å²) in [6, 6.07) is 0. The smallest absolute Gasteiger partial charge is 0.138 e. The van der Waals surface area contributed by atoms with Crippen molar-refractivity contribution >= 4 is 27.4 Å². The first-order chi connectivity index (χ1) is 9.00. The fourth-order valence-electron chi connectivity index (χ4n) is 2.08. The molecule has 0 spiro atoms. The summed E-state index contributed by atoms with van der Waals surface area (Å²) < 4.78 is 0. The zero-order valence-electron chi connectivity index (χ0n) is 12.1. The van der Waals surface area contributed by atoms with E-state index in [4.69, 9.17) is 5.73 Å². The van der Waals surface area contributed by atoms with Crippen molar-refractivity contribution in [1.82, 2.24) is 9.97 Å². The summed E-state index contributed by atoms with van der Waals surface area (Å²) in [5.74, 6) is 0.906. The molecule has 0 saturated carbocycles. The van der Waals surface area contributed by atoms with E-state index in [0.29, 0.717) is 0 Å². The van der Waals surface area contributed by atoms with Crippen LogP contribution in [-0.2, 0) is 0 Å². The molecule has 5 heteroatoms. The molecule has 0 fully saturated rings. The van der Waals surface area contributed by atoms with Gasteiger partial charge in [0.05, 0.1) is 5.39 Å². The Bertz CT molecular complexity index is 572. The summed E-state index contributed by atoms with van der Waals surface area (Å²) in [5.41, 5.74) is 7.42. The van der Waals surface area contributed by atoms with Crippen molar-refractivity contribution in [2.75, 3.05) is 11.9 Å². The molecule has 0 aliphatic heterocycles. The van der Waals surface area contributed by atoms with E-state index in [1.807, 2.05) is 0 Å². The lowest BCUT2D eigenvalue weighted by molar-refractivity contribution is 0.418. The van der Waals surface area contributed by atoms with E-state index in [0.717, 1.165) is 35.4 Å². The number of hydrogen-bond acceptors (Lipinski definition) is 5. The van der Waals surface area contributed by atoms with Gasteiger partial charge in [0.2, 0.25) is 0 Å². The number of nitrogens with zero attached hydrogens (tertiary/aromatic N) is 2. The van der Waals surface area contributed by atoms with Crippen molar-refractivity contribution in [2.24, 2.45) is 5.73 Å². The molecule has 0 aromatic carbocycles. The number of hydrogen-bond donors (Lipinski definition) is 2. The molecule has 19 heavy (non-hydrogen) atoms. The fraction of sp³-hybridized carbons (Fsp3) is 0.571. The predicted octanol–water partition coefficient (Wildman–Crippen LogP) is 3.24. The Morgan fingerprint density at radius 1 is 1.26 bits per heavy atom. The molecule has 0 atom stereocenters. The average molecular weight is 278 g/mol. The van der Waals surface area contributed by atoms with Gasteiger partial charge in [-0.1, -0.05) is 13.8 Å². The standard InChI is InChI=1S/C14H22N4S/c1-5-14(15,6-2)7-16-12-11-9(3)10(4)19-13(11)18-8-17-12/h8H,5-7,15H2,1-4H3,(H,16,17,18). The van der Waals surface area contributed by atoms with E-state index < -0.39 is 0 Å². The van der Waals surface area contributed by atoms with E-state index in [1.165, 1.54) is 10.4 Å². The molecule has 4 nitrogen and oxygen atoms in total. The van der Waals surface area contributed by atoms with Crippen LogP contribution in [0.1, 0.15) is 37.1 Å². The molecule has 2 aromatic rings. The summed E-state index contributed by atoms with van der Waals surface area (Å²) >= 11 is 1.72. The minimum Gasteiger partial charge on any atom is -0.368 e. The third kappa shape index (κ3) is 2.72. The Kier molecular flexibility index (Phi) is 4.06. The van der Waals surface area contributed by atoms with Crippen molar-refractivity contribution < 1.29 is 0 Å². The largest absolute Gasteiger partial charge is 0.368 e. The van der Waals surface area contributed by atoms with Crippen LogP contribution in [0.4, 0.5) is 5.82 Å². The van der Waals surface area contributed by atoms with Crippen LogP contribution in [-0.4, -0.2) is 22.1 Å². The van der Waals surface area contributed by atoms with Crippen molar-refractivity contribution in [3.8, 4) is 0 Å². The van der Waals surface area contributed by atoms with Crippen LogP contribution in [0.25, 0.3) is 10.2 Å². The van der Waals surface area contributed by atoms with Gasteiger partial charge < -0.3 is 11.1 Å². The Morgan fingerprint density at radius 3 is 2.58 bits per heavy atom. The molecule has 0 aliphatic rings. The highest BCUT2D eigenvalue weighted by Crippen LogP contribution is 2.32. The van der Waals surface area contributed by atoms with Gasteiger partial charge in [-0.25, -0.2) is 9.97 Å². The zero-order valence-corrected chi connectivity index (χ0v) is 12.9. The molecule has 3 N–H and O–H groups in total. The van der Waals surface area contributed by atoms with Crippen LogP contribution < -0.4 is 11.1 Å². The summed E-state index contributed by atoms with van der Waals surface area (Å²) in [5, 5.41) is 4.55. The average Bonchev–Trinajstić information content (AvgIpc) is 2.72. The first-order valence-corrected chi connectivity index (χ1v) is 7.56. The van der Waals surface area contributed by atoms with E-state index in [2.05, 4.69) is 43.0 Å². The van der Waals surface area contributed by atoms with Gasteiger partial charge in [0.1, 0.15) is 17.0 Å². The van der Waals surface area contributed by atoms with Crippen molar-refractivity contribution in [1.29, 1.82) is 0 Å². The van der Waals surface area contributed by atoms with Crippen molar-refractivity contribution in [3.05, 3.63) is 16.8 Å². The lowest BCUT2D eigenvalue weighted by Gasteiger charge is -2.27. The molecule has 0 saturated heterocycles. The zero-order chi connectivity index (χ0) is 14.0. The Balaban J connectivity index is 2.31. The van der Waals surface area contributed by atoms with Crippen LogP contribution >= 0.6 is 11.3 Å². The SMILES string of the molecule is CCC(N)(CC)CNc1ncnc2sc(C)c(C)c12. The van der Waals surface area contributed by atoms with E-state index >= 15 is 0 Å². The third-order valence-electron chi connectivity index (χ3n) is 3.98. The molecule has 2 rings (SSSR count). The second-order valence-corrected chi connectivity index (χ2v) is 6.31. The lowest BCUT2D eigenvalue weighted by atomic mass is 9.94. The van der Waals surface area contributed by atoms with Crippen LogP contribution in [0.3, 0.4) is 0 Å². The maximum Gasteiger partial charge on any atom is 0.138 e. The Labute approximate surface area is 118 Å². The molecule has 0 bridgehead atoms. The Morgan fingerprint density at radius 2 is 1.95 bits per heavy atom. The summed E-state index contributed by atoms with van der Waals surface area (Å²) in [7, 11) is 0. The second kappa shape index (κ2) is 5.43. The second-order valence-electron chi connectivity index (χ2n) is 5.11. The number of nitrogens with one attached hydrogen (secondary N) is 1. The van der Waals surface area contributed by atoms with E-state index in [1.54, 1.807) is 17.7 Å². The molecule has 104 valence electrons. The number of aromatic nitrogens is 2. The maximum atomic E-state index is 6.33. The predicted molar refractivity (Wildman–Crippen MR) is 82.9 cm³/mol. The normalized spacial score (nSPS) is 12.1. The fourth-order valence-corrected chi connectivity index (χ4v) is 3.07. The van der Waals surface area contributed by atoms with Gasteiger partial charge in [0.15, 0.2) is 0 Å². The van der Waals surface area contributed by atoms with Gasteiger partial charge in [-0.05, 0) is 32.3 Å². The van der Waals surface area contributed by atoms with Crippen molar-refractivity contribution in [2.45, 2.75) is 46.1 Å². The topological polar surface area (TPSA) is 63.8 Å². The van der Waals surface area contributed by atoms with Crippen LogP contribution in [0, 0.1) is 13.8 Å². The molecule has 0 radical (unpaired) electrons.